The zero-order chi connectivity index (χ0) is 9.97. The van der Waals surface area contributed by atoms with Gasteiger partial charge in [0.05, 0.1) is 11.9 Å². The number of nitrogens with zero attached hydrogens (tertiary/aromatic N) is 2. The zero-order valence-electron chi connectivity index (χ0n) is 8.56. The molecule has 0 aliphatic carbocycles. The van der Waals surface area contributed by atoms with Crippen LogP contribution in [0.4, 0.5) is 5.69 Å². The van der Waals surface area contributed by atoms with Crippen molar-refractivity contribution in [1.29, 1.82) is 0 Å². The lowest BCUT2D eigenvalue weighted by Gasteiger charge is -2.37. The maximum atomic E-state index is 5.92. The molecular weight excluding hydrogens is 174 g/mol. The van der Waals surface area contributed by atoms with Crippen molar-refractivity contribution < 1.29 is 0 Å². The highest BCUT2D eigenvalue weighted by Crippen LogP contribution is 2.22. The van der Waals surface area contributed by atoms with Crippen LogP contribution < -0.4 is 10.6 Å². The van der Waals surface area contributed by atoms with Crippen molar-refractivity contribution in [1.82, 2.24) is 4.98 Å². The molecule has 2 N–H and O–H groups in total. The van der Waals surface area contributed by atoms with E-state index in [2.05, 4.69) is 22.9 Å². The van der Waals surface area contributed by atoms with Gasteiger partial charge in [0, 0.05) is 24.8 Å². The minimum atomic E-state index is 0.373. The van der Waals surface area contributed by atoms with E-state index < -0.39 is 0 Å². The first kappa shape index (κ1) is 9.46. The highest BCUT2D eigenvalue weighted by atomic mass is 15.2. The van der Waals surface area contributed by atoms with Crippen molar-refractivity contribution in [3.63, 3.8) is 0 Å². The highest BCUT2D eigenvalue weighted by Gasteiger charge is 2.22. The third kappa shape index (κ3) is 1.87. The van der Waals surface area contributed by atoms with Crippen LogP contribution in [0.3, 0.4) is 0 Å². The highest BCUT2D eigenvalue weighted by molar-refractivity contribution is 5.45. The van der Waals surface area contributed by atoms with E-state index in [1.165, 1.54) is 5.69 Å². The lowest BCUT2D eigenvalue weighted by atomic mass is 9.99. The fourth-order valence-corrected chi connectivity index (χ4v) is 2.12. The van der Waals surface area contributed by atoms with Gasteiger partial charge in [-0.25, -0.2) is 0 Å². The number of rotatable bonds is 1. The molecule has 1 aliphatic rings. The molecule has 0 saturated carbocycles. The zero-order valence-corrected chi connectivity index (χ0v) is 8.56. The van der Waals surface area contributed by atoms with Gasteiger partial charge in [0.25, 0.3) is 0 Å². The summed E-state index contributed by atoms with van der Waals surface area (Å²) in [6.07, 6.45) is 5.89. The van der Waals surface area contributed by atoms with Crippen molar-refractivity contribution in [3.05, 3.63) is 24.5 Å². The monoisotopic (exact) mass is 191 g/mol. The van der Waals surface area contributed by atoms with Crippen LogP contribution in [-0.4, -0.2) is 23.6 Å². The first-order valence-corrected chi connectivity index (χ1v) is 5.19. The van der Waals surface area contributed by atoms with Gasteiger partial charge in [0.15, 0.2) is 0 Å². The summed E-state index contributed by atoms with van der Waals surface area (Å²) in [7, 11) is 0. The van der Waals surface area contributed by atoms with Crippen LogP contribution in [0, 0.1) is 0 Å². The molecule has 1 aromatic heterocycles. The number of aromatic nitrogens is 1. The number of hydrogen-bond acceptors (Lipinski definition) is 3. The topological polar surface area (TPSA) is 42.1 Å². The molecule has 0 aromatic carbocycles. The van der Waals surface area contributed by atoms with Gasteiger partial charge < -0.3 is 10.6 Å². The van der Waals surface area contributed by atoms with Gasteiger partial charge in [-0.15, -0.1) is 0 Å². The molecule has 14 heavy (non-hydrogen) atoms. The third-order valence-electron chi connectivity index (χ3n) is 2.89. The third-order valence-corrected chi connectivity index (χ3v) is 2.89. The predicted octanol–water partition coefficient (Wildman–Crippen LogP) is 1.40. The Hall–Kier alpha value is -1.09. The van der Waals surface area contributed by atoms with Crippen molar-refractivity contribution >= 4 is 5.69 Å². The molecule has 1 aromatic rings. The molecule has 0 spiro atoms. The van der Waals surface area contributed by atoms with Crippen molar-refractivity contribution in [3.8, 4) is 0 Å². The number of nitrogens with two attached hydrogens (primary N) is 1. The van der Waals surface area contributed by atoms with Crippen LogP contribution in [-0.2, 0) is 0 Å². The molecule has 1 saturated heterocycles. The summed E-state index contributed by atoms with van der Waals surface area (Å²) in [5.74, 6) is 0. The normalized spacial score (nSPS) is 27.7. The quantitative estimate of drug-likeness (QED) is 0.729. The summed E-state index contributed by atoms with van der Waals surface area (Å²) in [6, 6.07) is 5.00. The van der Waals surface area contributed by atoms with E-state index in [4.69, 9.17) is 5.73 Å². The van der Waals surface area contributed by atoms with Crippen molar-refractivity contribution in [2.75, 3.05) is 11.4 Å². The second kappa shape index (κ2) is 3.96. The summed E-state index contributed by atoms with van der Waals surface area (Å²) in [6.45, 7) is 3.28. The standard InChI is InChI=1S/C11H17N3/c1-9-7-10(12)4-6-14(9)11-3-2-5-13-8-11/h2-3,5,8-10H,4,6-7,12H2,1H3. The first-order chi connectivity index (χ1) is 6.77. The fraction of sp³-hybridized carbons (Fsp3) is 0.545. The Bertz CT molecular complexity index is 286. The van der Waals surface area contributed by atoms with Crippen LogP contribution >= 0.6 is 0 Å². The Morgan fingerprint density at radius 3 is 3.07 bits per heavy atom. The molecule has 0 amide bonds. The number of pyridine rings is 1. The molecule has 2 atom stereocenters. The van der Waals surface area contributed by atoms with Gasteiger partial charge in [-0.1, -0.05) is 0 Å². The Kier molecular flexibility index (Phi) is 2.68. The molecule has 2 rings (SSSR count). The van der Waals surface area contributed by atoms with Crippen LogP contribution in [0.15, 0.2) is 24.5 Å². The summed E-state index contributed by atoms with van der Waals surface area (Å²) in [5, 5.41) is 0. The van der Waals surface area contributed by atoms with Crippen molar-refractivity contribution in [2.24, 2.45) is 5.73 Å². The molecule has 2 unspecified atom stereocenters. The molecular formula is C11H17N3. The van der Waals surface area contributed by atoms with E-state index in [9.17, 15) is 0 Å². The molecule has 1 fully saturated rings. The van der Waals surface area contributed by atoms with Crippen LogP contribution in [0.1, 0.15) is 19.8 Å². The summed E-state index contributed by atoms with van der Waals surface area (Å²) >= 11 is 0. The Morgan fingerprint density at radius 2 is 2.43 bits per heavy atom. The summed E-state index contributed by atoms with van der Waals surface area (Å²) in [4.78, 5) is 6.53. The largest absolute Gasteiger partial charge is 0.367 e. The van der Waals surface area contributed by atoms with Crippen molar-refractivity contribution in [2.45, 2.75) is 31.8 Å². The lowest BCUT2D eigenvalue weighted by molar-refractivity contribution is 0.429. The van der Waals surface area contributed by atoms with Crippen LogP contribution in [0.25, 0.3) is 0 Å². The van der Waals surface area contributed by atoms with E-state index >= 15 is 0 Å². The van der Waals surface area contributed by atoms with Crippen LogP contribution in [0.5, 0.6) is 0 Å². The van der Waals surface area contributed by atoms with E-state index in [1.807, 2.05) is 18.5 Å². The Balaban J connectivity index is 2.12. The van der Waals surface area contributed by atoms with E-state index in [0.717, 1.165) is 19.4 Å². The molecule has 2 heterocycles. The van der Waals surface area contributed by atoms with Gasteiger partial charge in [-0.05, 0) is 31.9 Å². The van der Waals surface area contributed by atoms with Gasteiger partial charge in [0.2, 0.25) is 0 Å². The molecule has 3 heteroatoms. The fourth-order valence-electron chi connectivity index (χ4n) is 2.12. The molecule has 1 aliphatic heterocycles. The Morgan fingerprint density at radius 1 is 1.57 bits per heavy atom. The second-order valence-electron chi connectivity index (χ2n) is 4.04. The van der Waals surface area contributed by atoms with E-state index in [-0.39, 0.29) is 0 Å². The van der Waals surface area contributed by atoms with Gasteiger partial charge in [-0.3, -0.25) is 4.98 Å². The van der Waals surface area contributed by atoms with E-state index in [0.29, 0.717) is 12.1 Å². The SMILES string of the molecule is CC1CC(N)CCN1c1cccnc1. The predicted molar refractivity (Wildman–Crippen MR) is 58.3 cm³/mol. The minimum Gasteiger partial charge on any atom is -0.367 e. The first-order valence-electron chi connectivity index (χ1n) is 5.19. The average Bonchev–Trinajstić information content (AvgIpc) is 2.19. The van der Waals surface area contributed by atoms with Gasteiger partial charge in [0.1, 0.15) is 0 Å². The molecule has 0 radical (unpaired) electrons. The van der Waals surface area contributed by atoms with Gasteiger partial charge >= 0.3 is 0 Å². The van der Waals surface area contributed by atoms with E-state index in [1.54, 1.807) is 0 Å². The van der Waals surface area contributed by atoms with Gasteiger partial charge in [-0.2, -0.15) is 0 Å². The summed E-state index contributed by atoms with van der Waals surface area (Å²) < 4.78 is 0. The molecule has 76 valence electrons. The number of anilines is 1. The molecule has 3 nitrogen and oxygen atoms in total. The smallest absolute Gasteiger partial charge is 0.0555 e. The molecule has 0 bridgehead atoms. The Labute approximate surface area is 84.9 Å². The maximum absolute atomic E-state index is 5.92. The second-order valence-corrected chi connectivity index (χ2v) is 4.04. The average molecular weight is 191 g/mol. The summed E-state index contributed by atoms with van der Waals surface area (Å²) in [5.41, 5.74) is 7.14. The van der Waals surface area contributed by atoms with Crippen LogP contribution in [0.2, 0.25) is 0 Å². The maximum Gasteiger partial charge on any atom is 0.0555 e. The number of piperidine rings is 1. The number of hydrogen-bond donors (Lipinski definition) is 1. The lowest BCUT2D eigenvalue weighted by Crippen LogP contribution is -2.45. The minimum absolute atomic E-state index is 0.373.